The molecule has 2 aliphatic heterocycles. The van der Waals surface area contributed by atoms with E-state index in [-0.39, 0.29) is 25.0 Å². The van der Waals surface area contributed by atoms with Gasteiger partial charge in [0.25, 0.3) is 0 Å². The maximum absolute atomic E-state index is 14.0. The molecular formula is C44H46N6O5. The third-order valence-electron chi connectivity index (χ3n) is 11.4. The average Bonchev–Trinajstić information content (AvgIpc) is 4.02. The van der Waals surface area contributed by atoms with Crippen LogP contribution in [-0.2, 0) is 45.9 Å². The van der Waals surface area contributed by atoms with E-state index < -0.39 is 23.6 Å². The number of carbonyl (C=O) groups is 3. The summed E-state index contributed by atoms with van der Waals surface area (Å²) in [6.45, 7) is 2.94. The van der Waals surface area contributed by atoms with E-state index >= 15 is 0 Å². The fourth-order valence-electron chi connectivity index (χ4n) is 8.44. The molecule has 3 heterocycles. The standard InChI is InChI=1S/C44H46N6O5/c45-39(47-42(52)54-29-32-11-3-1-4-12-32)34-17-15-31(16-18-34)27-38-40-46-36-28-35(44(21-7-8-22-44)41(51)48-23-9-10-24-48)19-20-37(36)49(40)25-26-50(38)43(53)55-30-33-13-5-2-6-14-33/h1-6,11-20,28,38H,7-10,21-27,29-30H2,(H2,45,47,52). The van der Waals surface area contributed by atoms with Gasteiger partial charge < -0.3 is 24.7 Å². The molecule has 1 aliphatic carbocycles. The Morgan fingerprint density at radius 1 is 0.745 bits per heavy atom. The minimum absolute atomic E-state index is 0.0502. The lowest BCUT2D eigenvalue weighted by Gasteiger charge is -2.35. The average molecular weight is 739 g/mol. The van der Waals surface area contributed by atoms with Gasteiger partial charge in [0.15, 0.2) is 0 Å². The summed E-state index contributed by atoms with van der Waals surface area (Å²) in [4.78, 5) is 53.2. The zero-order valence-electron chi connectivity index (χ0n) is 30.9. The van der Waals surface area contributed by atoms with Gasteiger partial charge in [0.1, 0.15) is 24.9 Å². The summed E-state index contributed by atoms with van der Waals surface area (Å²) in [5, 5.41) is 0. The first-order chi connectivity index (χ1) is 26.9. The first-order valence-electron chi connectivity index (χ1n) is 19.3. The molecule has 1 aromatic heterocycles. The molecule has 1 unspecified atom stereocenters. The van der Waals surface area contributed by atoms with Gasteiger partial charge in [-0.3, -0.25) is 9.69 Å². The van der Waals surface area contributed by atoms with Crippen LogP contribution in [0.25, 0.3) is 11.0 Å². The van der Waals surface area contributed by atoms with E-state index in [9.17, 15) is 14.4 Å². The lowest BCUT2D eigenvalue weighted by molar-refractivity contribution is -0.136. The number of rotatable bonds is 9. The molecule has 0 bridgehead atoms. The number of aromatic nitrogens is 2. The first kappa shape index (κ1) is 36.0. The molecule has 11 nitrogen and oxygen atoms in total. The molecule has 11 heteroatoms. The highest BCUT2D eigenvalue weighted by Gasteiger charge is 2.46. The molecule has 55 heavy (non-hydrogen) atoms. The van der Waals surface area contributed by atoms with Crippen LogP contribution >= 0.6 is 0 Å². The van der Waals surface area contributed by atoms with Crippen LogP contribution in [0.5, 0.6) is 0 Å². The van der Waals surface area contributed by atoms with Crippen molar-refractivity contribution in [2.45, 2.75) is 76.2 Å². The van der Waals surface area contributed by atoms with Crippen LogP contribution in [0, 0.1) is 0 Å². The maximum Gasteiger partial charge on any atom is 0.435 e. The van der Waals surface area contributed by atoms with Gasteiger partial charge in [-0.25, -0.2) is 14.6 Å². The molecule has 2 fully saturated rings. The zero-order valence-corrected chi connectivity index (χ0v) is 30.9. The molecule has 3 amide bonds. The van der Waals surface area contributed by atoms with Crippen molar-refractivity contribution in [3.63, 3.8) is 0 Å². The Balaban J connectivity index is 1.06. The highest BCUT2D eigenvalue weighted by molar-refractivity contribution is 6.02. The second-order valence-electron chi connectivity index (χ2n) is 14.8. The number of amides is 3. The Bertz CT molecular complexity index is 2190. The van der Waals surface area contributed by atoms with Gasteiger partial charge in [-0.1, -0.05) is 104 Å². The van der Waals surface area contributed by atoms with E-state index in [0.29, 0.717) is 25.1 Å². The van der Waals surface area contributed by atoms with Crippen LogP contribution in [-0.4, -0.2) is 62.9 Å². The monoisotopic (exact) mass is 738 g/mol. The summed E-state index contributed by atoms with van der Waals surface area (Å²) in [6, 6.07) is 32.4. The second-order valence-corrected chi connectivity index (χ2v) is 14.8. The lowest BCUT2D eigenvalue weighted by Crippen LogP contribution is -2.44. The van der Waals surface area contributed by atoms with Gasteiger partial charge in [0, 0.05) is 38.2 Å². The zero-order chi connectivity index (χ0) is 37.8. The summed E-state index contributed by atoms with van der Waals surface area (Å²) >= 11 is 0. The third kappa shape index (κ3) is 7.56. The molecule has 4 aromatic carbocycles. The van der Waals surface area contributed by atoms with E-state index in [1.807, 2.05) is 84.9 Å². The van der Waals surface area contributed by atoms with E-state index in [1.165, 1.54) is 0 Å². The number of nitrogens with two attached hydrogens (primary N) is 1. The van der Waals surface area contributed by atoms with Crippen LogP contribution in [0.1, 0.15) is 78.2 Å². The van der Waals surface area contributed by atoms with Crippen molar-refractivity contribution in [1.29, 1.82) is 0 Å². The van der Waals surface area contributed by atoms with Crippen LogP contribution in [0.2, 0.25) is 0 Å². The predicted octanol–water partition coefficient (Wildman–Crippen LogP) is 7.45. The third-order valence-corrected chi connectivity index (χ3v) is 11.4. The maximum atomic E-state index is 14.0. The Kier molecular flexibility index (Phi) is 10.3. The molecule has 3 aliphatic rings. The molecule has 8 rings (SSSR count). The van der Waals surface area contributed by atoms with Crippen molar-refractivity contribution >= 4 is 35.0 Å². The Morgan fingerprint density at radius 3 is 2.07 bits per heavy atom. The Hall–Kier alpha value is -5.97. The minimum Gasteiger partial charge on any atom is -0.445 e. The number of hydrogen-bond donors (Lipinski definition) is 1. The van der Waals surface area contributed by atoms with Crippen molar-refractivity contribution < 1.29 is 23.9 Å². The Labute approximate surface area is 320 Å². The fourth-order valence-corrected chi connectivity index (χ4v) is 8.44. The minimum atomic E-state index is -0.765. The van der Waals surface area contributed by atoms with Crippen LogP contribution in [0.3, 0.4) is 0 Å². The van der Waals surface area contributed by atoms with Gasteiger partial charge in [0.2, 0.25) is 5.91 Å². The number of imidazole rings is 1. The largest absolute Gasteiger partial charge is 0.445 e. The molecule has 282 valence electrons. The number of carbonyl (C=O) groups excluding carboxylic acids is 3. The molecule has 5 aromatic rings. The smallest absolute Gasteiger partial charge is 0.435 e. The fraction of sp³-hybridized carbons (Fsp3) is 0.341. The van der Waals surface area contributed by atoms with Crippen molar-refractivity contribution in [2.24, 2.45) is 10.7 Å². The van der Waals surface area contributed by atoms with E-state index in [0.717, 1.165) is 90.7 Å². The summed E-state index contributed by atoms with van der Waals surface area (Å²) in [5.74, 6) is 1.08. The first-order valence-corrected chi connectivity index (χ1v) is 19.3. The lowest BCUT2D eigenvalue weighted by atomic mass is 9.77. The number of nitrogens with zero attached hydrogens (tertiary/aromatic N) is 5. The predicted molar refractivity (Wildman–Crippen MR) is 209 cm³/mol. The molecule has 1 atom stereocenters. The van der Waals surface area contributed by atoms with Crippen molar-refractivity contribution in [1.82, 2.24) is 19.4 Å². The topological polar surface area (TPSA) is 132 Å². The number of amidine groups is 1. The summed E-state index contributed by atoms with van der Waals surface area (Å²) in [5.41, 5.74) is 11.8. The van der Waals surface area contributed by atoms with Crippen molar-refractivity contribution in [2.75, 3.05) is 19.6 Å². The second kappa shape index (κ2) is 15.8. The van der Waals surface area contributed by atoms with Crippen LogP contribution in [0.4, 0.5) is 9.59 Å². The number of benzene rings is 4. The van der Waals surface area contributed by atoms with E-state index in [4.69, 9.17) is 20.2 Å². The number of aliphatic imine (C=N–C) groups is 1. The number of likely N-dealkylation sites (tertiary alicyclic amines) is 1. The van der Waals surface area contributed by atoms with Gasteiger partial charge >= 0.3 is 12.2 Å². The molecule has 0 radical (unpaired) electrons. The van der Waals surface area contributed by atoms with Crippen molar-refractivity contribution in [3.8, 4) is 0 Å². The molecule has 1 saturated carbocycles. The van der Waals surface area contributed by atoms with Crippen LogP contribution in [0.15, 0.2) is 108 Å². The summed E-state index contributed by atoms with van der Waals surface area (Å²) < 4.78 is 13.3. The normalized spacial score (nSPS) is 18.0. The van der Waals surface area contributed by atoms with Crippen LogP contribution < -0.4 is 5.73 Å². The highest BCUT2D eigenvalue weighted by Crippen LogP contribution is 2.44. The number of ether oxygens (including phenoxy) is 2. The molecule has 2 N–H and O–H groups in total. The molecular weight excluding hydrogens is 693 g/mol. The Morgan fingerprint density at radius 2 is 1.40 bits per heavy atom. The van der Waals surface area contributed by atoms with Gasteiger partial charge in [-0.2, -0.15) is 4.99 Å². The van der Waals surface area contributed by atoms with Gasteiger partial charge in [-0.15, -0.1) is 0 Å². The molecule has 0 spiro atoms. The molecule has 1 saturated heterocycles. The quantitative estimate of drug-likeness (QED) is 0.123. The van der Waals surface area contributed by atoms with Crippen molar-refractivity contribution in [3.05, 3.63) is 137 Å². The number of fused-ring (bicyclic) bond motifs is 3. The number of hydrogen-bond acceptors (Lipinski definition) is 6. The summed E-state index contributed by atoms with van der Waals surface area (Å²) in [7, 11) is 0. The SMILES string of the molecule is NC(=NC(=O)OCc1ccccc1)c1ccc(CC2c3nc4cc(C5(C(=O)N6CCCC6)CCCC5)ccc4n3CCN2C(=O)OCc2ccccc2)cc1. The van der Waals surface area contributed by atoms with E-state index in [1.54, 1.807) is 4.90 Å². The summed E-state index contributed by atoms with van der Waals surface area (Å²) in [6.07, 6.45) is 5.19. The van der Waals surface area contributed by atoms with Gasteiger partial charge in [0.05, 0.1) is 22.5 Å². The van der Waals surface area contributed by atoms with Gasteiger partial charge in [-0.05, 0) is 60.1 Å². The van der Waals surface area contributed by atoms with E-state index in [2.05, 4.69) is 32.7 Å². The highest BCUT2D eigenvalue weighted by atomic mass is 16.6.